The molecule has 0 radical (unpaired) electrons. The lowest BCUT2D eigenvalue weighted by Gasteiger charge is -2.22. The lowest BCUT2D eigenvalue weighted by atomic mass is 10.1. The van der Waals surface area contributed by atoms with Gasteiger partial charge in [0.2, 0.25) is 0 Å². The maximum atomic E-state index is 12.0. The Morgan fingerprint density at radius 3 is 2.53 bits per heavy atom. The van der Waals surface area contributed by atoms with Crippen molar-refractivity contribution < 1.29 is 14.7 Å². The number of carbonyl (C=O) groups is 2. The molecular weight excluding hydrogens is 469 g/mol. The van der Waals surface area contributed by atoms with Gasteiger partial charge < -0.3 is 15.3 Å². The van der Waals surface area contributed by atoms with Crippen molar-refractivity contribution in [1.82, 2.24) is 10.3 Å². The first kappa shape index (κ1) is 24.0. The highest BCUT2D eigenvalue weighted by Crippen LogP contribution is 2.32. The average Bonchev–Trinajstić information content (AvgIpc) is 3.27. The molecule has 0 bridgehead atoms. The molecule has 3 rings (SSSR count). The largest absolute Gasteiger partial charge is 0.480 e. The Hall–Kier alpha value is -2.61. The van der Waals surface area contributed by atoms with E-state index in [1.807, 2.05) is 29.6 Å². The third-order valence-electron chi connectivity index (χ3n) is 4.75. The number of carboxylic acid groups (broad SMARTS) is 1. The third-order valence-corrected chi connectivity index (χ3v) is 6.39. The molecule has 1 heterocycles. The first-order chi connectivity index (χ1) is 15.4. The molecule has 2 N–H and O–H groups in total. The van der Waals surface area contributed by atoms with Crippen molar-refractivity contribution in [3.8, 4) is 11.3 Å². The number of thiazole rings is 1. The van der Waals surface area contributed by atoms with Crippen molar-refractivity contribution in [2.24, 2.45) is 0 Å². The number of benzene rings is 2. The molecule has 0 fully saturated rings. The Morgan fingerprint density at radius 1 is 1.12 bits per heavy atom. The van der Waals surface area contributed by atoms with Crippen LogP contribution < -0.4 is 10.2 Å². The molecule has 3 aromatic rings. The average molecular weight is 492 g/mol. The molecule has 0 unspecified atom stereocenters. The second kappa shape index (κ2) is 11.3. The predicted octanol–water partition coefficient (Wildman–Crippen LogP) is 5.74. The zero-order valence-electron chi connectivity index (χ0n) is 17.5. The fourth-order valence-electron chi connectivity index (χ4n) is 3.03. The zero-order valence-corrected chi connectivity index (χ0v) is 19.8. The van der Waals surface area contributed by atoms with E-state index >= 15 is 0 Å². The van der Waals surface area contributed by atoms with E-state index in [2.05, 4.69) is 17.1 Å². The van der Waals surface area contributed by atoms with Gasteiger partial charge in [-0.2, -0.15) is 0 Å². The van der Waals surface area contributed by atoms with E-state index in [0.29, 0.717) is 22.2 Å². The number of aliphatic carboxylic acids is 1. The summed E-state index contributed by atoms with van der Waals surface area (Å²) < 4.78 is 0. The Bertz CT molecular complexity index is 1090. The summed E-state index contributed by atoms with van der Waals surface area (Å²) in [6.07, 6.45) is 2.08. The van der Waals surface area contributed by atoms with Crippen molar-refractivity contribution in [3.05, 3.63) is 69.0 Å². The van der Waals surface area contributed by atoms with Crippen molar-refractivity contribution in [1.29, 1.82) is 0 Å². The van der Waals surface area contributed by atoms with Crippen LogP contribution in [0.4, 0.5) is 5.13 Å². The lowest BCUT2D eigenvalue weighted by molar-refractivity contribution is -0.135. The molecular formula is C23H23Cl2N3O3S. The van der Waals surface area contributed by atoms with Gasteiger partial charge in [0, 0.05) is 29.6 Å². The number of halogens is 2. The molecule has 0 saturated heterocycles. The third kappa shape index (κ3) is 6.45. The number of hydrogen-bond donors (Lipinski definition) is 2. The van der Waals surface area contributed by atoms with E-state index in [4.69, 9.17) is 33.3 Å². The fourth-order valence-corrected chi connectivity index (χ4v) is 4.19. The van der Waals surface area contributed by atoms with E-state index in [9.17, 15) is 9.59 Å². The number of carboxylic acids is 1. The Balaban J connectivity index is 1.74. The Morgan fingerprint density at radius 2 is 1.88 bits per heavy atom. The predicted molar refractivity (Wildman–Crippen MR) is 130 cm³/mol. The quantitative estimate of drug-likeness (QED) is 0.377. The highest BCUT2D eigenvalue weighted by molar-refractivity contribution is 7.14. The standard InChI is InChI=1S/C23H23Cl2N3O3S/c1-2-3-10-28(13-15-4-6-16(7-5-15)22(31)26-12-21(29)30)23-27-20(14-32-23)17-8-9-18(24)19(25)11-17/h4-9,11,14H,2-3,10,12-13H2,1H3,(H,26,31)(H,29,30). The van der Waals surface area contributed by atoms with Crippen molar-refractivity contribution in [3.63, 3.8) is 0 Å². The number of nitrogens with zero attached hydrogens (tertiary/aromatic N) is 2. The SMILES string of the molecule is CCCCN(Cc1ccc(C(=O)NCC(=O)O)cc1)c1nc(-c2ccc(Cl)c(Cl)c2)cs1. The molecule has 9 heteroatoms. The van der Waals surface area contributed by atoms with Crippen molar-refractivity contribution in [2.75, 3.05) is 18.0 Å². The van der Waals surface area contributed by atoms with Gasteiger partial charge in [-0.25, -0.2) is 4.98 Å². The summed E-state index contributed by atoms with van der Waals surface area (Å²) >= 11 is 13.7. The molecule has 0 aliphatic rings. The summed E-state index contributed by atoms with van der Waals surface area (Å²) in [4.78, 5) is 29.7. The number of nitrogens with one attached hydrogen (secondary N) is 1. The normalized spacial score (nSPS) is 10.7. The lowest BCUT2D eigenvalue weighted by Crippen LogP contribution is -2.29. The topological polar surface area (TPSA) is 82.5 Å². The van der Waals surface area contributed by atoms with Gasteiger partial charge in [0.1, 0.15) is 6.54 Å². The smallest absolute Gasteiger partial charge is 0.322 e. The highest BCUT2D eigenvalue weighted by atomic mass is 35.5. The number of hydrogen-bond acceptors (Lipinski definition) is 5. The molecule has 0 aliphatic heterocycles. The van der Waals surface area contributed by atoms with E-state index in [0.717, 1.165) is 41.3 Å². The summed E-state index contributed by atoms with van der Waals surface area (Å²) in [7, 11) is 0. The number of aromatic nitrogens is 1. The van der Waals surface area contributed by atoms with Crippen LogP contribution in [0, 0.1) is 0 Å². The minimum absolute atomic E-state index is 0.406. The van der Waals surface area contributed by atoms with Gasteiger partial charge in [0.05, 0.1) is 15.7 Å². The molecule has 168 valence electrons. The van der Waals surface area contributed by atoms with Gasteiger partial charge in [0.25, 0.3) is 5.91 Å². The van der Waals surface area contributed by atoms with Crippen LogP contribution in [0.5, 0.6) is 0 Å². The van der Waals surface area contributed by atoms with Gasteiger partial charge in [-0.05, 0) is 36.2 Å². The second-order valence-electron chi connectivity index (χ2n) is 7.19. The number of unbranched alkanes of at least 4 members (excludes halogenated alkanes) is 1. The summed E-state index contributed by atoms with van der Waals surface area (Å²) in [5, 5.41) is 15.0. The zero-order chi connectivity index (χ0) is 23.1. The van der Waals surface area contributed by atoms with Crippen molar-refractivity contribution >= 4 is 51.5 Å². The first-order valence-corrected chi connectivity index (χ1v) is 11.8. The summed E-state index contributed by atoms with van der Waals surface area (Å²) in [5.74, 6) is -1.49. The summed E-state index contributed by atoms with van der Waals surface area (Å²) in [6.45, 7) is 3.24. The number of carbonyl (C=O) groups excluding carboxylic acids is 1. The van der Waals surface area contributed by atoms with Gasteiger partial charge in [-0.15, -0.1) is 11.3 Å². The van der Waals surface area contributed by atoms with Crippen LogP contribution >= 0.6 is 34.5 Å². The van der Waals surface area contributed by atoms with Gasteiger partial charge in [0.15, 0.2) is 5.13 Å². The molecule has 1 amide bonds. The van der Waals surface area contributed by atoms with Crippen LogP contribution in [0.15, 0.2) is 47.8 Å². The molecule has 0 saturated carbocycles. The maximum absolute atomic E-state index is 12.0. The van der Waals surface area contributed by atoms with Gasteiger partial charge in [-0.3, -0.25) is 9.59 Å². The molecule has 2 aromatic carbocycles. The molecule has 6 nitrogen and oxygen atoms in total. The second-order valence-corrected chi connectivity index (χ2v) is 8.84. The minimum Gasteiger partial charge on any atom is -0.480 e. The van der Waals surface area contributed by atoms with Crippen LogP contribution in [0.3, 0.4) is 0 Å². The summed E-state index contributed by atoms with van der Waals surface area (Å²) in [5.41, 5.74) is 3.21. The Kier molecular flexibility index (Phi) is 8.50. The van der Waals surface area contributed by atoms with E-state index < -0.39 is 18.4 Å². The molecule has 0 atom stereocenters. The number of anilines is 1. The van der Waals surface area contributed by atoms with Crippen LogP contribution in [0.2, 0.25) is 10.0 Å². The van der Waals surface area contributed by atoms with Crippen LogP contribution in [-0.4, -0.2) is 35.1 Å². The van der Waals surface area contributed by atoms with Crippen LogP contribution in [0.1, 0.15) is 35.7 Å². The molecule has 1 aromatic heterocycles. The number of amides is 1. The molecule has 0 aliphatic carbocycles. The van der Waals surface area contributed by atoms with Crippen LogP contribution in [-0.2, 0) is 11.3 Å². The van der Waals surface area contributed by atoms with Crippen LogP contribution in [0.25, 0.3) is 11.3 Å². The first-order valence-electron chi connectivity index (χ1n) is 10.1. The van der Waals surface area contributed by atoms with E-state index in [1.54, 1.807) is 29.5 Å². The minimum atomic E-state index is -1.08. The molecule has 0 spiro atoms. The Labute approximate surface area is 200 Å². The van der Waals surface area contributed by atoms with E-state index in [1.165, 1.54) is 0 Å². The van der Waals surface area contributed by atoms with Gasteiger partial charge >= 0.3 is 5.97 Å². The number of rotatable bonds is 10. The monoisotopic (exact) mass is 491 g/mol. The van der Waals surface area contributed by atoms with Gasteiger partial charge in [-0.1, -0.05) is 54.7 Å². The maximum Gasteiger partial charge on any atom is 0.322 e. The summed E-state index contributed by atoms with van der Waals surface area (Å²) in [6, 6.07) is 12.6. The fraction of sp³-hybridized carbons (Fsp3) is 0.261. The molecule has 32 heavy (non-hydrogen) atoms. The van der Waals surface area contributed by atoms with Crippen molar-refractivity contribution in [2.45, 2.75) is 26.3 Å². The highest BCUT2D eigenvalue weighted by Gasteiger charge is 2.14. The van der Waals surface area contributed by atoms with E-state index in [-0.39, 0.29) is 0 Å².